The van der Waals surface area contributed by atoms with Gasteiger partial charge in [-0.1, -0.05) is 414 Å². The highest BCUT2D eigenvalue weighted by Crippen LogP contribution is 2.42. The molecular formula is C72H146O. The Bertz CT molecular complexity index is 829. The lowest BCUT2D eigenvalue weighted by Gasteiger charge is -2.46. The summed E-state index contributed by atoms with van der Waals surface area (Å²) in [4.78, 5) is 0. The lowest BCUT2D eigenvalue weighted by atomic mass is 9.81. The van der Waals surface area contributed by atoms with Crippen LogP contribution in [0, 0.1) is 0 Å². The van der Waals surface area contributed by atoms with Crippen molar-refractivity contribution in [3.05, 3.63) is 0 Å². The molecule has 73 heavy (non-hydrogen) atoms. The van der Waals surface area contributed by atoms with Crippen LogP contribution in [0.25, 0.3) is 0 Å². The van der Waals surface area contributed by atoms with Crippen LogP contribution in [0.1, 0.15) is 452 Å². The fourth-order valence-electron chi connectivity index (χ4n) is 13.0. The summed E-state index contributed by atoms with van der Waals surface area (Å²) in [6.07, 6.45) is 91.4. The van der Waals surface area contributed by atoms with Crippen LogP contribution in [-0.4, -0.2) is 11.2 Å². The first kappa shape index (κ1) is 73.0. The molecule has 0 aromatic carbocycles. The van der Waals surface area contributed by atoms with Crippen LogP contribution in [0.2, 0.25) is 0 Å². The van der Waals surface area contributed by atoms with E-state index in [0.717, 1.165) is 0 Å². The predicted octanol–water partition coefficient (Wildman–Crippen LogP) is 27.6. The molecule has 0 aromatic rings. The monoisotopic (exact) mass is 1030 g/mol. The van der Waals surface area contributed by atoms with Crippen molar-refractivity contribution in [2.45, 2.75) is 464 Å². The van der Waals surface area contributed by atoms with Gasteiger partial charge < -0.3 is 4.74 Å². The minimum absolute atomic E-state index is 0.0875. The van der Waals surface area contributed by atoms with Gasteiger partial charge in [0.2, 0.25) is 0 Å². The minimum atomic E-state index is 0.0875. The van der Waals surface area contributed by atoms with Crippen molar-refractivity contribution in [3.63, 3.8) is 0 Å². The van der Waals surface area contributed by atoms with Gasteiger partial charge in [0.15, 0.2) is 0 Å². The Kier molecular flexibility index (Phi) is 61.1. The first-order valence-electron chi connectivity index (χ1n) is 35.8. The van der Waals surface area contributed by atoms with E-state index in [0.29, 0.717) is 0 Å². The van der Waals surface area contributed by atoms with E-state index in [9.17, 15) is 0 Å². The lowest BCUT2D eigenvalue weighted by molar-refractivity contribution is -0.181. The van der Waals surface area contributed by atoms with E-state index in [1.165, 1.54) is 411 Å². The van der Waals surface area contributed by atoms with Gasteiger partial charge in [0.1, 0.15) is 0 Å². The summed E-state index contributed by atoms with van der Waals surface area (Å²) < 4.78 is 8.16. The Hall–Kier alpha value is -0.0400. The zero-order valence-corrected chi connectivity index (χ0v) is 52.7. The molecule has 0 heterocycles. The summed E-state index contributed by atoms with van der Waals surface area (Å²) >= 11 is 0. The van der Waals surface area contributed by atoms with E-state index in [1.807, 2.05) is 0 Å². The van der Waals surface area contributed by atoms with Crippen LogP contribution < -0.4 is 0 Å². The van der Waals surface area contributed by atoms with Gasteiger partial charge in [-0.25, -0.2) is 0 Å². The topological polar surface area (TPSA) is 9.23 Å². The quantitative estimate of drug-likeness (QED) is 0.0552. The summed E-state index contributed by atoms with van der Waals surface area (Å²) in [6, 6.07) is 0. The van der Waals surface area contributed by atoms with Gasteiger partial charge in [0, 0.05) is 0 Å². The second-order valence-corrected chi connectivity index (χ2v) is 25.4. The number of rotatable bonds is 66. The molecule has 0 saturated carbocycles. The lowest BCUT2D eigenvalue weighted by Crippen LogP contribution is -2.45. The highest BCUT2D eigenvalue weighted by atomic mass is 16.5. The van der Waals surface area contributed by atoms with Gasteiger partial charge in [-0.3, -0.25) is 0 Å². The third kappa shape index (κ3) is 52.4. The predicted molar refractivity (Wildman–Crippen MR) is 336 cm³/mol. The van der Waals surface area contributed by atoms with Crippen molar-refractivity contribution < 1.29 is 4.74 Å². The molecule has 0 aromatic heterocycles. The molecule has 0 unspecified atom stereocenters. The standard InChI is InChI=1S/C72H146O/c1-7-13-17-21-25-29-33-37-41-45-49-53-57-61-67-71(65-11-5,68-62-58-54-50-46-42-38-34-30-26-22-18-14-8-2)73-72(66-12-6,69-63-59-55-51-47-43-39-35-31-27-23-19-15-9-3)70-64-60-56-52-48-44-40-36-32-28-24-20-16-10-4/h7-70H2,1-6H3. The Balaban J connectivity index is 5.58. The molecule has 0 aliphatic heterocycles. The average molecular weight is 1030 g/mol. The van der Waals surface area contributed by atoms with Gasteiger partial charge in [0.05, 0.1) is 11.2 Å². The molecule has 0 saturated heterocycles. The minimum Gasteiger partial charge on any atom is -0.369 e. The molecule has 0 aliphatic rings. The Morgan fingerprint density at radius 3 is 0.384 bits per heavy atom. The van der Waals surface area contributed by atoms with Crippen LogP contribution >= 0.6 is 0 Å². The molecule has 0 spiro atoms. The first-order valence-corrected chi connectivity index (χ1v) is 35.8. The summed E-state index contributed by atoms with van der Waals surface area (Å²) in [5.41, 5.74) is 0.175. The highest BCUT2D eigenvalue weighted by Gasteiger charge is 2.40. The first-order chi connectivity index (χ1) is 36.1. The Labute approximate surface area is 466 Å². The second-order valence-electron chi connectivity index (χ2n) is 25.4. The molecule has 0 N–H and O–H groups in total. The molecular weight excluding hydrogens is 881 g/mol. The van der Waals surface area contributed by atoms with E-state index in [4.69, 9.17) is 4.74 Å². The van der Waals surface area contributed by atoms with E-state index < -0.39 is 0 Å². The van der Waals surface area contributed by atoms with Crippen molar-refractivity contribution in [2.24, 2.45) is 0 Å². The maximum absolute atomic E-state index is 8.16. The van der Waals surface area contributed by atoms with Crippen LogP contribution in [0.5, 0.6) is 0 Å². The summed E-state index contributed by atoms with van der Waals surface area (Å²) in [7, 11) is 0. The van der Waals surface area contributed by atoms with Crippen LogP contribution in [0.15, 0.2) is 0 Å². The Morgan fingerprint density at radius 2 is 0.260 bits per heavy atom. The number of unbranched alkanes of at least 4 members (excludes halogenated alkanes) is 52. The third-order valence-corrected chi connectivity index (χ3v) is 17.8. The summed E-state index contributed by atoms with van der Waals surface area (Å²) in [6.45, 7) is 14.3. The second kappa shape index (κ2) is 61.2. The molecule has 440 valence electrons. The molecule has 0 atom stereocenters. The summed E-state index contributed by atoms with van der Waals surface area (Å²) in [5, 5.41) is 0. The van der Waals surface area contributed by atoms with E-state index >= 15 is 0 Å². The van der Waals surface area contributed by atoms with Crippen molar-refractivity contribution in [2.75, 3.05) is 0 Å². The summed E-state index contributed by atoms with van der Waals surface area (Å²) in [5.74, 6) is 0. The van der Waals surface area contributed by atoms with E-state index in [1.54, 1.807) is 0 Å². The molecule has 0 fully saturated rings. The maximum Gasteiger partial charge on any atom is 0.0690 e. The Morgan fingerprint density at radius 1 is 0.137 bits per heavy atom. The van der Waals surface area contributed by atoms with Crippen molar-refractivity contribution >= 4 is 0 Å². The molecule has 1 nitrogen and oxygen atoms in total. The zero-order valence-electron chi connectivity index (χ0n) is 52.7. The molecule has 1 heteroatoms. The maximum atomic E-state index is 8.16. The highest BCUT2D eigenvalue weighted by molar-refractivity contribution is 4.90. The van der Waals surface area contributed by atoms with Gasteiger partial charge in [-0.05, 0) is 38.5 Å². The number of ether oxygens (including phenoxy) is 1. The van der Waals surface area contributed by atoms with Crippen LogP contribution in [-0.2, 0) is 4.74 Å². The smallest absolute Gasteiger partial charge is 0.0690 e. The van der Waals surface area contributed by atoms with Crippen molar-refractivity contribution in [1.82, 2.24) is 0 Å². The number of hydrogen-bond donors (Lipinski definition) is 0. The van der Waals surface area contributed by atoms with Crippen LogP contribution in [0.4, 0.5) is 0 Å². The van der Waals surface area contributed by atoms with Crippen LogP contribution in [0.3, 0.4) is 0 Å². The fraction of sp³-hybridized carbons (Fsp3) is 1.00. The van der Waals surface area contributed by atoms with E-state index in [-0.39, 0.29) is 11.2 Å². The van der Waals surface area contributed by atoms with Gasteiger partial charge in [0.25, 0.3) is 0 Å². The fourth-order valence-corrected chi connectivity index (χ4v) is 13.0. The van der Waals surface area contributed by atoms with Crippen molar-refractivity contribution in [1.29, 1.82) is 0 Å². The number of hydrogen-bond acceptors (Lipinski definition) is 1. The van der Waals surface area contributed by atoms with Gasteiger partial charge >= 0.3 is 0 Å². The van der Waals surface area contributed by atoms with Gasteiger partial charge in [-0.15, -0.1) is 0 Å². The molecule has 0 radical (unpaired) electrons. The molecule has 0 aliphatic carbocycles. The van der Waals surface area contributed by atoms with E-state index in [2.05, 4.69) is 41.5 Å². The largest absolute Gasteiger partial charge is 0.369 e. The average Bonchev–Trinajstić information content (AvgIpc) is 3.39. The zero-order chi connectivity index (χ0) is 53.0. The van der Waals surface area contributed by atoms with Gasteiger partial charge in [-0.2, -0.15) is 0 Å². The molecule has 0 amide bonds. The SMILES string of the molecule is CCCCCCCCCCCCCCCCC(CCC)(CCCCCCCCCCCCCCCC)OC(CCC)(CCCCCCCCCCCCCCCC)CCCCCCCCCCCCCCCC. The normalized spacial score (nSPS) is 12.2. The molecule has 0 bridgehead atoms. The van der Waals surface area contributed by atoms with Crippen molar-refractivity contribution in [3.8, 4) is 0 Å². The molecule has 0 rings (SSSR count). The third-order valence-electron chi connectivity index (χ3n) is 17.8.